The Morgan fingerprint density at radius 3 is 2.67 bits per heavy atom. The van der Waals surface area contributed by atoms with Crippen LogP contribution in [0.1, 0.15) is 49.5 Å². The minimum atomic E-state index is -0.691. The van der Waals surface area contributed by atoms with Crippen molar-refractivity contribution < 1.29 is 14.3 Å². The third-order valence-corrected chi connectivity index (χ3v) is 3.97. The highest BCUT2D eigenvalue weighted by atomic mass is 16.5. The number of Topliss-reactive ketones (excluding diaryl/α,β-unsaturated/α-hetero) is 1. The summed E-state index contributed by atoms with van der Waals surface area (Å²) in [6.45, 7) is 8.06. The number of hydrogen-bond donors (Lipinski definition) is 0. The average molecular weight is 290 g/mol. The number of carbonyl (C=O) groups excluding carboxylic acids is 1. The Morgan fingerprint density at radius 1 is 1.33 bits per heavy atom. The zero-order valence-electron chi connectivity index (χ0n) is 13.4. The van der Waals surface area contributed by atoms with Gasteiger partial charge in [0.15, 0.2) is 5.78 Å². The van der Waals surface area contributed by atoms with E-state index in [-0.39, 0.29) is 5.78 Å². The Kier molecular flexibility index (Phi) is 5.54. The van der Waals surface area contributed by atoms with Crippen molar-refractivity contribution in [1.82, 2.24) is 0 Å². The second-order valence-corrected chi connectivity index (χ2v) is 6.17. The molecule has 0 bridgehead atoms. The van der Waals surface area contributed by atoms with Crippen LogP contribution in [0, 0.1) is 5.92 Å². The lowest BCUT2D eigenvalue weighted by Crippen LogP contribution is -2.46. The van der Waals surface area contributed by atoms with Crippen molar-refractivity contribution in [1.29, 1.82) is 0 Å². The van der Waals surface area contributed by atoms with E-state index in [4.69, 9.17) is 9.47 Å². The highest BCUT2D eigenvalue weighted by Gasteiger charge is 2.41. The highest BCUT2D eigenvalue weighted by Crippen LogP contribution is 2.30. The van der Waals surface area contributed by atoms with Gasteiger partial charge < -0.3 is 9.47 Å². The molecule has 0 amide bonds. The van der Waals surface area contributed by atoms with Crippen molar-refractivity contribution in [2.24, 2.45) is 5.92 Å². The molecule has 116 valence electrons. The zero-order valence-corrected chi connectivity index (χ0v) is 13.4. The van der Waals surface area contributed by atoms with Crippen molar-refractivity contribution >= 4 is 5.78 Å². The van der Waals surface area contributed by atoms with Gasteiger partial charge in [0.05, 0.1) is 0 Å². The van der Waals surface area contributed by atoms with E-state index in [1.165, 1.54) is 5.56 Å². The van der Waals surface area contributed by atoms with Gasteiger partial charge in [-0.15, -0.1) is 0 Å². The van der Waals surface area contributed by atoms with Crippen LogP contribution in [0.25, 0.3) is 0 Å². The lowest BCUT2D eigenvalue weighted by molar-refractivity contribution is -0.0822. The van der Waals surface area contributed by atoms with E-state index in [1.54, 1.807) is 0 Å². The number of carbonyl (C=O) groups is 1. The quantitative estimate of drug-likeness (QED) is 0.750. The van der Waals surface area contributed by atoms with Gasteiger partial charge in [-0.05, 0) is 30.9 Å². The summed E-state index contributed by atoms with van der Waals surface area (Å²) in [7, 11) is 0. The molecule has 1 aromatic carbocycles. The monoisotopic (exact) mass is 290 g/mol. The first-order chi connectivity index (χ1) is 10.1. The molecule has 0 radical (unpaired) electrons. The maximum atomic E-state index is 13.0. The lowest BCUT2D eigenvalue weighted by Gasteiger charge is -2.35. The molecule has 3 nitrogen and oxygen atoms in total. The summed E-state index contributed by atoms with van der Waals surface area (Å²) in [5.74, 6) is 0.692. The van der Waals surface area contributed by atoms with Gasteiger partial charge in [-0.3, -0.25) is 4.79 Å². The van der Waals surface area contributed by atoms with Crippen LogP contribution in [0.4, 0.5) is 0 Å². The molecule has 2 rings (SSSR count). The van der Waals surface area contributed by atoms with Gasteiger partial charge in [0.1, 0.15) is 5.60 Å². The number of benzene rings is 1. The molecule has 0 saturated carbocycles. The first-order valence-corrected chi connectivity index (χ1v) is 7.93. The first-order valence-electron chi connectivity index (χ1n) is 7.93. The minimum Gasteiger partial charge on any atom is -0.381 e. The van der Waals surface area contributed by atoms with E-state index in [0.717, 1.165) is 12.0 Å². The molecule has 0 unspecified atom stereocenters. The number of ketones is 1. The third kappa shape index (κ3) is 3.92. The van der Waals surface area contributed by atoms with E-state index < -0.39 is 5.60 Å². The van der Waals surface area contributed by atoms with Gasteiger partial charge in [0.25, 0.3) is 0 Å². The maximum absolute atomic E-state index is 13.0. The van der Waals surface area contributed by atoms with E-state index >= 15 is 0 Å². The Hall–Kier alpha value is -1.19. The molecule has 21 heavy (non-hydrogen) atoms. The van der Waals surface area contributed by atoms with E-state index in [2.05, 4.69) is 19.9 Å². The van der Waals surface area contributed by atoms with Gasteiger partial charge in [-0.25, -0.2) is 0 Å². The van der Waals surface area contributed by atoms with Crippen LogP contribution in [0.3, 0.4) is 0 Å². The van der Waals surface area contributed by atoms with Gasteiger partial charge in [-0.1, -0.05) is 32.0 Å². The average Bonchev–Trinajstić information content (AvgIpc) is 2.47. The van der Waals surface area contributed by atoms with Crippen LogP contribution in [-0.4, -0.2) is 31.2 Å². The predicted molar refractivity (Wildman–Crippen MR) is 83.7 cm³/mol. The van der Waals surface area contributed by atoms with Crippen LogP contribution < -0.4 is 0 Å². The first kappa shape index (κ1) is 16.2. The Morgan fingerprint density at radius 2 is 2.05 bits per heavy atom. The van der Waals surface area contributed by atoms with E-state index in [9.17, 15) is 4.79 Å². The molecule has 3 heteroatoms. The molecule has 0 aromatic heterocycles. The number of ether oxygens (including phenoxy) is 2. The maximum Gasteiger partial charge on any atom is 0.194 e. The Labute approximate surface area is 127 Å². The Bertz CT molecular complexity index is 468. The Balaban J connectivity index is 2.24. The normalized spacial score (nSPS) is 17.9. The molecule has 0 spiro atoms. The molecular weight excluding hydrogens is 264 g/mol. The van der Waals surface area contributed by atoms with Crippen molar-refractivity contribution in [3.8, 4) is 0 Å². The molecule has 0 atom stereocenters. The summed E-state index contributed by atoms with van der Waals surface area (Å²) in [4.78, 5) is 13.0. The summed E-state index contributed by atoms with van der Waals surface area (Å²) in [5, 5.41) is 0. The van der Waals surface area contributed by atoms with Crippen LogP contribution in [-0.2, 0) is 15.9 Å². The second kappa shape index (κ2) is 7.19. The van der Waals surface area contributed by atoms with Gasteiger partial charge in [0, 0.05) is 38.2 Å². The highest BCUT2D eigenvalue weighted by molar-refractivity contribution is 6.02. The zero-order chi connectivity index (χ0) is 15.3. The van der Waals surface area contributed by atoms with Crippen molar-refractivity contribution in [3.63, 3.8) is 0 Å². The van der Waals surface area contributed by atoms with Crippen LogP contribution in [0.15, 0.2) is 24.3 Å². The largest absolute Gasteiger partial charge is 0.381 e. The molecule has 1 aliphatic rings. The third-order valence-electron chi connectivity index (χ3n) is 3.97. The lowest BCUT2D eigenvalue weighted by atomic mass is 9.85. The minimum absolute atomic E-state index is 0.109. The SMILES string of the molecule is CCOC1(C(=O)c2cccc(CC(C)C)c2)CCOCC1. The molecular formula is C18H26O3. The van der Waals surface area contributed by atoms with Gasteiger partial charge in [-0.2, -0.15) is 0 Å². The number of rotatable bonds is 6. The smallest absolute Gasteiger partial charge is 0.194 e. The molecule has 1 heterocycles. The molecule has 0 N–H and O–H groups in total. The van der Waals surface area contributed by atoms with Crippen LogP contribution in [0.5, 0.6) is 0 Å². The van der Waals surface area contributed by atoms with Gasteiger partial charge >= 0.3 is 0 Å². The summed E-state index contributed by atoms with van der Waals surface area (Å²) >= 11 is 0. The van der Waals surface area contributed by atoms with Crippen LogP contribution >= 0.6 is 0 Å². The molecule has 1 aliphatic heterocycles. The summed E-state index contributed by atoms with van der Waals surface area (Å²) in [6, 6.07) is 8.00. The summed E-state index contributed by atoms with van der Waals surface area (Å²) in [6.07, 6.45) is 2.29. The second-order valence-electron chi connectivity index (χ2n) is 6.17. The fraction of sp³-hybridized carbons (Fsp3) is 0.611. The molecule has 0 aliphatic carbocycles. The van der Waals surface area contributed by atoms with E-state index in [0.29, 0.717) is 38.6 Å². The van der Waals surface area contributed by atoms with Crippen molar-refractivity contribution in [2.75, 3.05) is 19.8 Å². The fourth-order valence-corrected chi connectivity index (χ4v) is 2.99. The molecule has 1 saturated heterocycles. The topological polar surface area (TPSA) is 35.5 Å². The van der Waals surface area contributed by atoms with Gasteiger partial charge in [0.2, 0.25) is 0 Å². The van der Waals surface area contributed by atoms with E-state index in [1.807, 2.05) is 25.1 Å². The molecule has 1 aromatic rings. The fourth-order valence-electron chi connectivity index (χ4n) is 2.99. The van der Waals surface area contributed by atoms with Crippen LogP contribution in [0.2, 0.25) is 0 Å². The molecule has 1 fully saturated rings. The van der Waals surface area contributed by atoms with Crippen molar-refractivity contribution in [3.05, 3.63) is 35.4 Å². The predicted octanol–water partition coefficient (Wildman–Crippen LogP) is 3.65. The standard InChI is InChI=1S/C18H26O3/c1-4-21-18(8-10-20-11-9-18)17(19)16-7-5-6-15(13-16)12-14(2)3/h5-7,13-14H,4,8-12H2,1-3H3. The summed E-state index contributed by atoms with van der Waals surface area (Å²) < 4.78 is 11.3. The van der Waals surface area contributed by atoms with Crippen molar-refractivity contribution in [2.45, 2.75) is 45.6 Å². The number of hydrogen-bond acceptors (Lipinski definition) is 3. The summed E-state index contributed by atoms with van der Waals surface area (Å²) in [5.41, 5.74) is 1.29.